The zero-order valence-corrected chi connectivity index (χ0v) is 20.6. The molecule has 0 bridgehead atoms. The molecular weight excluding hydrogens is 505 g/mol. The molecule has 0 unspecified atom stereocenters. The minimum atomic E-state index is -1.33. The Morgan fingerprint density at radius 1 is 0.947 bits per heavy atom. The van der Waals surface area contributed by atoms with Crippen LogP contribution in [0.3, 0.4) is 0 Å². The number of carbonyl (C=O) groups is 1. The number of ether oxygens (including phenoxy) is 4. The average molecular weight is 528 g/mol. The number of hydrogen-bond donors (Lipinski definition) is 2. The number of aromatic nitrogens is 2. The maximum Gasteiger partial charge on any atom is 0.257 e. The zero-order chi connectivity index (χ0) is 27.4. The Balaban J connectivity index is 1.74. The van der Waals surface area contributed by atoms with Crippen LogP contribution in [0.5, 0.6) is 28.7 Å². The van der Waals surface area contributed by atoms with Gasteiger partial charge in [0, 0.05) is 41.5 Å². The lowest BCUT2D eigenvalue weighted by molar-refractivity contribution is 0.0992. The van der Waals surface area contributed by atoms with Gasteiger partial charge in [-0.25, -0.2) is 9.37 Å². The van der Waals surface area contributed by atoms with Gasteiger partial charge >= 0.3 is 0 Å². The van der Waals surface area contributed by atoms with Crippen molar-refractivity contribution in [3.63, 3.8) is 0 Å². The van der Waals surface area contributed by atoms with Crippen molar-refractivity contribution in [2.75, 3.05) is 34.4 Å². The van der Waals surface area contributed by atoms with Crippen molar-refractivity contribution in [2.24, 2.45) is 5.73 Å². The van der Waals surface area contributed by atoms with Crippen molar-refractivity contribution in [1.29, 1.82) is 0 Å². The lowest BCUT2D eigenvalue weighted by atomic mass is 10.0. The number of hydrogen-bond acceptors (Lipinski definition) is 8. The van der Waals surface area contributed by atoms with Gasteiger partial charge in [0.15, 0.2) is 23.1 Å². The molecule has 12 heteroatoms. The first-order valence-corrected chi connectivity index (χ1v) is 11.2. The van der Waals surface area contributed by atoms with Gasteiger partial charge in [-0.05, 0) is 31.3 Å². The summed E-state index contributed by atoms with van der Waals surface area (Å²) in [6.45, 7) is 1.00. The molecule has 0 aliphatic rings. The number of pyridine rings is 2. The fourth-order valence-corrected chi connectivity index (χ4v) is 3.78. The van der Waals surface area contributed by atoms with Gasteiger partial charge in [0.25, 0.3) is 5.91 Å². The summed E-state index contributed by atoms with van der Waals surface area (Å²) in [6.07, 6.45) is 2.36. The van der Waals surface area contributed by atoms with Crippen LogP contribution in [-0.4, -0.2) is 50.3 Å². The van der Waals surface area contributed by atoms with E-state index in [1.54, 1.807) is 19.2 Å². The highest BCUT2D eigenvalue weighted by molar-refractivity contribution is 5.98. The molecule has 1 amide bonds. The van der Waals surface area contributed by atoms with Gasteiger partial charge in [0.05, 0.1) is 19.7 Å². The standard InChI is InChI=1S/C26H23F3N4O5/c1-31-8-9-37-20-11-16-14(10-19(20)35-2)17(6-7-32-16)38-18-5-4-13(22(27)23(18)28)15-12-33-25(29)21(26(30)34)24(15)36-3/h4-7,10-12,31H,8-9H2,1-3H3,(H2,30,34). The second-order valence-corrected chi connectivity index (χ2v) is 7.86. The smallest absolute Gasteiger partial charge is 0.257 e. The van der Waals surface area contributed by atoms with E-state index < -0.39 is 34.8 Å². The third kappa shape index (κ3) is 4.98. The van der Waals surface area contributed by atoms with E-state index in [0.29, 0.717) is 35.6 Å². The Morgan fingerprint density at radius 2 is 1.74 bits per heavy atom. The number of nitrogens with two attached hydrogens (primary N) is 1. The summed E-state index contributed by atoms with van der Waals surface area (Å²) in [4.78, 5) is 19.4. The van der Waals surface area contributed by atoms with Crippen LogP contribution < -0.4 is 30.0 Å². The molecule has 4 rings (SSSR count). The molecule has 2 aromatic carbocycles. The highest BCUT2D eigenvalue weighted by Gasteiger charge is 2.25. The summed E-state index contributed by atoms with van der Waals surface area (Å²) in [5.74, 6) is -4.82. The number of methoxy groups -OCH3 is 2. The van der Waals surface area contributed by atoms with Gasteiger partial charge in [0.1, 0.15) is 23.7 Å². The zero-order valence-electron chi connectivity index (χ0n) is 20.6. The summed E-state index contributed by atoms with van der Waals surface area (Å²) < 4.78 is 66.4. The average Bonchev–Trinajstić information content (AvgIpc) is 2.91. The Bertz CT molecular complexity index is 1520. The van der Waals surface area contributed by atoms with E-state index in [9.17, 15) is 9.18 Å². The van der Waals surface area contributed by atoms with Crippen LogP contribution in [0.2, 0.25) is 0 Å². The first-order chi connectivity index (χ1) is 18.3. The van der Waals surface area contributed by atoms with E-state index in [4.69, 9.17) is 24.7 Å². The first kappa shape index (κ1) is 26.5. The topological polar surface area (TPSA) is 118 Å². The van der Waals surface area contributed by atoms with Gasteiger partial charge in [-0.1, -0.05) is 0 Å². The molecular formula is C26H23F3N4O5. The number of fused-ring (bicyclic) bond motifs is 1. The van der Waals surface area contributed by atoms with E-state index in [1.807, 2.05) is 0 Å². The number of primary amides is 1. The normalized spacial score (nSPS) is 10.9. The Kier molecular flexibility index (Phi) is 7.82. The molecule has 0 radical (unpaired) electrons. The van der Waals surface area contributed by atoms with Crippen LogP contribution in [0.1, 0.15) is 10.4 Å². The predicted octanol–water partition coefficient (Wildman–Crippen LogP) is 4.22. The summed E-state index contributed by atoms with van der Waals surface area (Å²) in [5.41, 5.74) is 4.49. The summed E-state index contributed by atoms with van der Waals surface area (Å²) in [5, 5.41) is 3.44. The molecule has 4 aromatic rings. The van der Waals surface area contributed by atoms with E-state index in [-0.39, 0.29) is 22.6 Å². The molecule has 0 saturated heterocycles. The molecule has 9 nitrogen and oxygen atoms in total. The molecule has 2 heterocycles. The second kappa shape index (κ2) is 11.2. The fourth-order valence-electron chi connectivity index (χ4n) is 3.78. The quantitative estimate of drug-likeness (QED) is 0.232. The number of nitrogens with zero attached hydrogens (tertiary/aromatic N) is 2. The van der Waals surface area contributed by atoms with Crippen LogP contribution in [0.4, 0.5) is 13.2 Å². The number of rotatable bonds is 10. The van der Waals surface area contributed by atoms with Crippen LogP contribution in [0.25, 0.3) is 22.0 Å². The number of likely N-dealkylation sites (N-methyl/N-ethyl adjacent to an activating group) is 1. The highest BCUT2D eigenvalue weighted by Crippen LogP contribution is 2.40. The highest BCUT2D eigenvalue weighted by atomic mass is 19.2. The van der Waals surface area contributed by atoms with E-state index >= 15 is 8.78 Å². The van der Waals surface area contributed by atoms with Crippen LogP contribution >= 0.6 is 0 Å². The fraction of sp³-hybridized carbons (Fsp3) is 0.192. The summed E-state index contributed by atoms with van der Waals surface area (Å²) in [6, 6.07) is 7.13. The number of halogens is 3. The van der Waals surface area contributed by atoms with E-state index in [1.165, 1.54) is 31.5 Å². The molecule has 198 valence electrons. The molecule has 0 atom stereocenters. The molecule has 3 N–H and O–H groups in total. The molecule has 0 aliphatic carbocycles. The van der Waals surface area contributed by atoms with Gasteiger partial charge in [-0.15, -0.1) is 0 Å². The van der Waals surface area contributed by atoms with Crippen molar-refractivity contribution in [3.05, 3.63) is 65.9 Å². The van der Waals surface area contributed by atoms with Gasteiger partial charge in [-0.2, -0.15) is 8.78 Å². The second-order valence-electron chi connectivity index (χ2n) is 7.86. The van der Waals surface area contributed by atoms with Crippen LogP contribution in [-0.2, 0) is 0 Å². The Labute approximate surface area is 215 Å². The Morgan fingerprint density at radius 3 is 2.42 bits per heavy atom. The lowest BCUT2D eigenvalue weighted by Crippen LogP contribution is -2.16. The molecule has 2 aromatic heterocycles. The van der Waals surface area contributed by atoms with Crippen molar-refractivity contribution in [2.45, 2.75) is 0 Å². The number of amides is 1. The minimum absolute atomic E-state index is 0.171. The maximum atomic E-state index is 15.2. The molecule has 38 heavy (non-hydrogen) atoms. The monoisotopic (exact) mass is 528 g/mol. The van der Waals surface area contributed by atoms with Crippen molar-refractivity contribution >= 4 is 16.8 Å². The predicted molar refractivity (Wildman–Crippen MR) is 132 cm³/mol. The summed E-state index contributed by atoms with van der Waals surface area (Å²) >= 11 is 0. The maximum absolute atomic E-state index is 15.2. The molecule has 0 spiro atoms. The minimum Gasteiger partial charge on any atom is -0.495 e. The summed E-state index contributed by atoms with van der Waals surface area (Å²) in [7, 11) is 4.40. The van der Waals surface area contributed by atoms with E-state index in [2.05, 4.69) is 15.3 Å². The number of benzene rings is 2. The third-order valence-corrected chi connectivity index (χ3v) is 5.59. The van der Waals surface area contributed by atoms with Crippen LogP contribution in [0.15, 0.2) is 42.7 Å². The third-order valence-electron chi connectivity index (χ3n) is 5.59. The van der Waals surface area contributed by atoms with Crippen molar-refractivity contribution in [3.8, 4) is 39.9 Å². The van der Waals surface area contributed by atoms with Gasteiger partial charge < -0.3 is 30.0 Å². The lowest BCUT2D eigenvalue weighted by Gasteiger charge is -2.16. The van der Waals surface area contributed by atoms with Crippen LogP contribution in [0, 0.1) is 17.6 Å². The van der Waals surface area contributed by atoms with E-state index in [0.717, 1.165) is 13.3 Å². The first-order valence-electron chi connectivity index (χ1n) is 11.2. The largest absolute Gasteiger partial charge is 0.495 e. The number of nitrogens with one attached hydrogen (secondary N) is 1. The van der Waals surface area contributed by atoms with Crippen molar-refractivity contribution in [1.82, 2.24) is 15.3 Å². The SMILES string of the molecule is CNCCOc1cc2nccc(Oc3ccc(-c4cnc(F)c(C(N)=O)c4OC)c(F)c3F)c2cc1OC. The van der Waals surface area contributed by atoms with Gasteiger partial charge in [0.2, 0.25) is 11.8 Å². The molecule has 0 saturated carbocycles. The molecule has 0 fully saturated rings. The van der Waals surface area contributed by atoms with Gasteiger partial charge in [-0.3, -0.25) is 9.78 Å². The molecule has 0 aliphatic heterocycles. The number of carbonyl (C=O) groups excluding carboxylic acids is 1. The van der Waals surface area contributed by atoms with Crippen molar-refractivity contribution < 1.29 is 36.9 Å². The Hall–Kier alpha value is -4.58.